The fraction of sp³-hybridized carbons (Fsp3) is 0.529. The number of halogens is 6. The maximum Gasteiger partial charge on any atom is 0.453 e. The molecule has 2 aliphatic rings. The van der Waals surface area contributed by atoms with Gasteiger partial charge in [-0.25, -0.2) is 22.8 Å². The molecular weight excluding hydrogens is 404 g/mol. The summed E-state index contributed by atoms with van der Waals surface area (Å²) in [5, 5.41) is 3.48. The molecule has 4 rings (SSSR count). The summed E-state index contributed by atoms with van der Waals surface area (Å²) in [5.41, 5.74) is 5.94. The van der Waals surface area contributed by atoms with Gasteiger partial charge in [0.25, 0.3) is 5.82 Å². The minimum atomic E-state index is -4.62. The molecule has 6 nitrogen and oxygen atoms in total. The third kappa shape index (κ3) is 3.83. The molecule has 12 heteroatoms. The zero-order valence-electron chi connectivity index (χ0n) is 15.0. The second-order valence-electron chi connectivity index (χ2n) is 7.14. The van der Waals surface area contributed by atoms with Crippen molar-refractivity contribution in [2.45, 2.75) is 43.9 Å². The molecular formula is C17H17F6N5O. The van der Waals surface area contributed by atoms with Gasteiger partial charge in [0.05, 0.1) is 19.7 Å². The minimum Gasteiger partial charge on any atom is -0.370 e. The first-order valence-corrected chi connectivity index (χ1v) is 8.90. The fourth-order valence-corrected chi connectivity index (χ4v) is 3.76. The van der Waals surface area contributed by atoms with Crippen LogP contribution in [0.1, 0.15) is 29.7 Å². The topological polar surface area (TPSA) is 69.2 Å². The molecule has 0 bridgehead atoms. The van der Waals surface area contributed by atoms with Gasteiger partial charge in [-0.3, -0.25) is 4.90 Å². The Morgan fingerprint density at radius 1 is 1.07 bits per heavy atom. The Morgan fingerprint density at radius 3 is 2.48 bits per heavy atom. The van der Waals surface area contributed by atoms with E-state index in [4.69, 9.17) is 10.5 Å². The van der Waals surface area contributed by atoms with E-state index in [1.807, 2.05) is 4.90 Å². The molecule has 0 spiro atoms. The number of alkyl halides is 3. The van der Waals surface area contributed by atoms with Crippen LogP contribution >= 0.6 is 0 Å². The summed E-state index contributed by atoms with van der Waals surface area (Å²) in [6.45, 7) is 0.884. The lowest BCUT2D eigenvalue weighted by molar-refractivity contribution is -0.145. The predicted octanol–water partition coefficient (Wildman–Crippen LogP) is 2.39. The van der Waals surface area contributed by atoms with Crippen molar-refractivity contribution in [3.63, 3.8) is 0 Å². The number of nitrogens with two attached hydrogens (primary N) is 1. The number of hydrogen-bond donors (Lipinski definition) is 1. The van der Waals surface area contributed by atoms with Crippen LogP contribution in [0.5, 0.6) is 0 Å². The number of rotatable bonds is 2. The highest BCUT2D eigenvalue weighted by atomic mass is 19.4. The van der Waals surface area contributed by atoms with Crippen LogP contribution in [0.3, 0.4) is 0 Å². The molecule has 1 saturated heterocycles. The van der Waals surface area contributed by atoms with Crippen molar-refractivity contribution in [2.75, 3.05) is 13.2 Å². The van der Waals surface area contributed by atoms with E-state index in [0.29, 0.717) is 19.0 Å². The molecule has 2 N–H and O–H groups in total. The number of benzene rings is 1. The standard InChI is InChI=1S/C17H17F6N5O/c18-10-5-12(20)11(19)4-9(10)15-13(24)3-8(7-29-15)27-1-2-28-14(6-27)25-16(26-28)17(21,22)23/h4-5,8,13,15H,1-3,6-7,24H2/t8?,13-,15+/m0/s1. The van der Waals surface area contributed by atoms with Crippen LogP contribution < -0.4 is 5.73 Å². The molecule has 0 saturated carbocycles. The molecule has 3 heterocycles. The zero-order valence-corrected chi connectivity index (χ0v) is 15.0. The fourth-order valence-electron chi connectivity index (χ4n) is 3.76. The van der Waals surface area contributed by atoms with Crippen molar-refractivity contribution >= 4 is 0 Å². The third-order valence-electron chi connectivity index (χ3n) is 5.21. The first kappa shape index (κ1) is 20.1. The molecule has 158 valence electrons. The number of hydrogen-bond acceptors (Lipinski definition) is 5. The summed E-state index contributed by atoms with van der Waals surface area (Å²) < 4.78 is 85.9. The Balaban J connectivity index is 1.46. The molecule has 1 aromatic carbocycles. The highest BCUT2D eigenvalue weighted by molar-refractivity contribution is 5.24. The smallest absolute Gasteiger partial charge is 0.370 e. The van der Waals surface area contributed by atoms with Gasteiger partial charge >= 0.3 is 6.18 Å². The molecule has 0 amide bonds. The molecule has 1 unspecified atom stereocenters. The van der Waals surface area contributed by atoms with Gasteiger partial charge in [-0.2, -0.15) is 13.2 Å². The largest absolute Gasteiger partial charge is 0.453 e. The molecule has 3 atom stereocenters. The van der Waals surface area contributed by atoms with E-state index in [2.05, 4.69) is 10.1 Å². The predicted molar refractivity (Wildman–Crippen MR) is 86.8 cm³/mol. The normalized spacial score (nSPS) is 25.8. The third-order valence-corrected chi connectivity index (χ3v) is 5.21. The average molecular weight is 421 g/mol. The van der Waals surface area contributed by atoms with Gasteiger partial charge in [0.15, 0.2) is 11.6 Å². The van der Waals surface area contributed by atoms with Crippen LogP contribution in [-0.2, 0) is 24.0 Å². The van der Waals surface area contributed by atoms with E-state index in [0.717, 1.165) is 6.07 Å². The van der Waals surface area contributed by atoms with Crippen LogP contribution in [0.15, 0.2) is 12.1 Å². The molecule has 2 aromatic rings. The maximum atomic E-state index is 14.0. The van der Waals surface area contributed by atoms with Gasteiger partial charge < -0.3 is 10.5 Å². The molecule has 1 aromatic heterocycles. The van der Waals surface area contributed by atoms with Gasteiger partial charge in [0.1, 0.15) is 17.7 Å². The van der Waals surface area contributed by atoms with E-state index in [9.17, 15) is 26.3 Å². The van der Waals surface area contributed by atoms with E-state index < -0.39 is 41.6 Å². The number of fused-ring (bicyclic) bond motifs is 1. The monoisotopic (exact) mass is 421 g/mol. The Kier molecular flexibility index (Phi) is 5.03. The molecule has 1 fully saturated rings. The first-order valence-electron chi connectivity index (χ1n) is 8.90. The van der Waals surface area contributed by atoms with E-state index >= 15 is 0 Å². The highest BCUT2D eigenvalue weighted by Gasteiger charge is 2.40. The quantitative estimate of drug-likeness (QED) is 0.596. The van der Waals surface area contributed by atoms with Crippen molar-refractivity contribution in [1.29, 1.82) is 0 Å². The lowest BCUT2D eigenvalue weighted by Crippen LogP contribution is -2.51. The number of aromatic nitrogens is 3. The summed E-state index contributed by atoms with van der Waals surface area (Å²) in [6, 6.07) is 0.230. The summed E-state index contributed by atoms with van der Waals surface area (Å²) >= 11 is 0. The number of nitrogens with zero attached hydrogens (tertiary/aromatic N) is 4. The summed E-state index contributed by atoms with van der Waals surface area (Å²) in [4.78, 5) is 5.44. The maximum absolute atomic E-state index is 14.0. The van der Waals surface area contributed by atoms with Crippen molar-refractivity contribution < 1.29 is 31.1 Å². The van der Waals surface area contributed by atoms with Crippen LogP contribution in [-0.4, -0.2) is 44.9 Å². The average Bonchev–Trinajstić information content (AvgIpc) is 3.09. The Morgan fingerprint density at radius 2 is 1.79 bits per heavy atom. The SMILES string of the molecule is N[C@H]1CC(N2CCn3nc(C(F)(F)F)nc3C2)CO[C@@H]1c1cc(F)c(F)cc1F. The molecule has 29 heavy (non-hydrogen) atoms. The van der Waals surface area contributed by atoms with Crippen LogP contribution in [0.2, 0.25) is 0 Å². The second kappa shape index (κ2) is 7.26. The van der Waals surface area contributed by atoms with E-state index in [1.165, 1.54) is 4.68 Å². The number of ether oxygens (including phenoxy) is 1. The summed E-state index contributed by atoms with van der Waals surface area (Å²) in [5.74, 6) is -4.45. The van der Waals surface area contributed by atoms with Gasteiger partial charge in [0, 0.05) is 30.3 Å². The molecule has 0 radical (unpaired) electrons. The summed E-state index contributed by atoms with van der Waals surface area (Å²) in [7, 11) is 0. The minimum absolute atomic E-state index is 0.108. The zero-order chi connectivity index (χ0) is 20.9. The molecule has 2 aliphatic heterocycles. The van der Waals surface area contributed by atoms with Crippen molar-refractivity contribution in [3.05, 3.63) is 46.8 Å². The van der Waals surface area contributed by atoms with E-state index in [-0.39, 0.29) is 37.1 Å². The highest BCUT2D eigenvalue weighted by Crippen LogP contribution is 2.33. The van der Waals surface area contributed by atoms with Gasteiger partial charge in [-0.05, 0) is 12.5 Å². The Bertz CT molecular complexity index is 916. The van der Waals surface area contributed by atoms with Crippen molar-refractivity contribution in [1.82, 2.24) is 19.7 Å². The van der Waals surface area contributed by atoms with Crippen LogP contribution in [0.4, 0.5) is 26.3 Å². The van der Waals surface area contributed by atoms with Crippen molar-refractivity contribution in [2.24, 2.45) is 5.73 Å². The second-order valence-corrected chi connectivity index (χ2v) is 7.14. The van der Waals surface area contributed by atoms with Crippen LogP contribution in [0, 0.1) is 17.5 Å². The Labute approximate surface area is 161 Å². The van der Waals surface area contributed by atoms with Crippen LogP contribution in [0.25, 0.3) is 0 Å². The summed E-state index contributed by atoms with van der Waals surface area (Å²) in [6.07, 6.45) is -5.23. The molecule has 0 aliphatic carbocycles. The Hall–Kier alpha value is -2.18. The van der Waals surface area contributed by atoms with Gasteiger partial charge in [0.2, 0.25) is 0 Å². The van der Waals surface area contributed by atoms with Crippen molar-refractivity contribution in [3.8, 4) is 0 Å². The lowest BCUT2D eigenvalue weighted by atomic mass is 9.93. The lowest BCUT2D eigenvalue weighted by Gasteiger charge is -2.41. The van der Waals surface area contributed by atoms with Gasteiger partial charge in [-0.15, -0.1) is 5.10 Å². The van der Waals surface area contributed by atoms with E-state index in [1.54, 1.807) is 0 Å². The van der Waals surface area contributed by atoms with Gasteiger partial charge in [-0.1, -0.05) is 0 Å². The first-order chi connectivity index (χ1) is 13.6.